The summed E-state index contributed by atoms with van der Waals surface area (Å²) in [7, 11) is 0. The number of hydrogen-bond donors (Lipinski definition) is 1. The molecule has 2 nitrogen and oxygen atoms in total. The van der Waals surface area contributed by atoms with Crippen molar-refractivity contribution < 1.29 is 13.5 Å². The second-order valence-corrected chi connectivity index (χ2v) is 3.68. The minimum absolute atomic E-state index is 0.0787. The average molecular weight is 213 g/mol. The van der Waals surface area contributed by atoms with Crippen molar-refractivity contribution in [2.45, 2.75) is 18.9 Å². The first-order chi connectivity index (χ1) is 7.25. The Morgan fingerprint density at radius 3 is 2.93 bits per heavy atom. The van der Waals surface area contributed by atoms with E-state index in [1.54, 1.807) is 0 Å². The van der Waals surface area contributed by atoms with Crippen LogP contribution in [-0.2, 0) is 4.74 Å². The molecule has 1 aromatic carbocycles. The van der Waals surface area contributed by atoms with Crippen molar-refractivity contribution in [3.8, 4) is 0 Å². The molecule has 1 unspecified atom stereocenters. The lowest BCUT2D eigenvalue weighted by Gasteiger charge is -2.24. The van der Waals surface area contributed by atoms with Crippen LogP contribution < -0.4 is 5.32 Å². The van der Waals surface area contributed by atoms with Gasteiger partial charge in [-0.3, -0.25) is 0 Å². The Labute approximate surface area is 87.2 Å². The molecule has 0 amide bonds. The molecule has 0 aromatic heterocycles. The van der Waals surface area contributed by atoms with Crippen LogP contribution in [0.5, 0.6) is 0 Å². The smallest absolute Gasteiger partial charge is 0.146 e. The zero-order valence-corrected chi connectivity index (χ0v) is 8.30. The van der Waals surface area contributed by atoms with Gasteiger partial charge in [0, 0.05) is 12.6 Å². The Morgan fingerprint density at radius 1 is 1.33 bits per heavy atom. The van der Waals surface area contributed by atoms with E-state index in [1.807, 2.05) is 0 Å². The third-order valence-electron chi connectivity index (χ3n) is 2.45. The van der Waals surface area contributed by atoms with E-state index in [-0.39, 0.29) is 11.7 Å². The summed E-state index contributed by atoms with van der Waals surface area (Å²) in [6.45, 7) is 1.31. The number of hydrogen-bond acceptors (Lipinski definition) is 2. The maximum Gasteiger partial charge on any atom is 0.146 e. The Balaban J connectivity index is 2.05. The number of ether oxygens (including phenoxy) is 1. The van der Waals surface area contributed by atoms with Crippen LogP contribution in [-0.4, -0.2) is 19.3 Å². The fourth-order valence-corrected chi connectivity index (χ4v) is 1.68. The molecule has 0 aliphatic carbocycles. The first kappa shape index (κ1) is 10.4. The van der Waals surface area contributed by atoms with Crippen molar-refractivity contribution in [2.75, 3.05) is 18.5 Å². The molecule has 0 bridgehead atoms. The molecule has 82 valence electrons. The normalized spacial score (nSPS) is 21.3. The molecule has 0 spiro atoms. The highest BCUT2D eigenvalue weighted by atomic mass is 19.1. The van der Waals surface area contributed by atoms with Gasteiger partial charge in [0.05, 0.1) is 12.3 Å². The lowest BCUT2D eigenvalue weighted by atomic mass is 10.1. The molecular weight excluding hydrogens is 200 g/mol. The predicted molar refractivity (Wildman–Crippen MR) is 53.8 cm³/mol. The highest BCUT2D eigenvalue weighted by Crippen LogP contribution is 2.18. The monoisotopic (exact) mass is 213 g/mol. The highest BCUT2D eigenvalue weighted by molar-refractivity contribution is 5.45. The Bertz CT molecular complexity index is 337. The predicted octanol–water partition coefficient (Wildman–Crippen LogP) is 2.56. The third-order valence-corrected chi connectivity index (χ3v) is 2.45. The molecular formula is C11H13F2NO. The van der Waals surface area contributed by atoms with E-state index in [0.29, 0.717) is 6.61 Å². The summed E-state index contributed by atoms with van der Waals surface area (Å²) in [5.41, 5.74) is 0.213. The van der Waals surface area contributed by atoms with Crippen LogP contribution in [0.25, 0.3) is 0 Å². The molecule has 15 heavy (non-hydrogen) atoms. The molecule has 2 rings (SSSR count). The fraction of sp³-hybridized carbons (Fsp3) is 0.455. The molecule has 1 atom stereocenters. The van der Waals surface area contributed by atoms with Crippen LogP contribution in [0.2, 0.25) is 0 Å². The minimum Gasteiger partial charge on any atom is -0.379 e. The second kappa shape index (κ2) is 4.57. The zero-order chi connectivity index (χ0) is 10.7. The first-order valence-corrected chi connectivity index (χ1v) is 5.05. The van der Waals surface area contributed by atoms with Crippen molar-refractivity contribution in [3.05, 3.63) is 29.8 Å². The lowest BCUT2D eigenvalue weighted by Crippen LogP contribution is -2.30. The third kappa shape index (κ3) is 2.65. The molecule has 1 aromatic rings. The molecule has 0 saturated carbocycles. The maximum atomic E-state index is 13.3. The van der Waals surface area contributed by atoms with Crippen LogP contribution in [0.4, 0.5) is 14.5 Å². The van der Waals surface area contributed by atoms with Crippen LogP contribution in [0.15, 0.2) is 18.2 Å². The van der Waals surface area contributed by atoms with Crippen LogP contribution in [0.1, 0.15) is 12.8 Å². The quantitative estimate of drug-likeness (QED) is 0.815. The van der Waals surface area contributed by atoms with Gasteiger partial charge in [-0.15, -0.1) is 0 Å². The number of halogens is 2. The lowest BCUT2D eigenvalue weighted by molar-refractivity contribution is 0.0875. The van der Waals surface area contributed by atoms with Gasteiger partial charge in [-0.05, 0) is 31.0 Å². The van der Waals surface area contributed by atoms with E-state index >= 15 is 0 Å². The SMILES string of the molecule is Fc1ccc(F)c(NC2CCCOC2)c1. The van der Waals surface area contributed by atoms with Crippen molar-refractivity contribution in [3.63, 3.8) is 0 Å². The second-order valence-electron chi connectivity index (χ2n) is 3.68. The highest BCUT2D eigenvalue weighted by Gasteiger charge is 2.15. The zero-order valence-electron chi connectivity index (χ0n) is 8.30. The minimum atomic E-state index is -0.435. The van der Waals surface area contributed by atoms with Gasteiger partial charge in [0.15, 0.2) is 0 Å². The van der Waals surface area contributed by atoms with Crippen molar-refractivity contribution in [2.24, 2.45) is 0 Å². The van der Waals surface area contributed by atoms with Gasteiger partial charge in [-0.2, -0.15) is 0 Å². The molecule has 4 heteroatoms. The van der Waals surface area contributed by atoms with Gasteiger partial charge in [-0.25, -0.2) is 8.78 Å². The largest absolute Gasteiger partial charge is 0.379 e. The van der Waals surface area contributed by atoms with E-state index in [1.165, 1.54) is 6.07 Å². The average Bonchev–Trinajstić information content (AvgIpc) is 2.25. The van der Waals surface area contributed by atoms with E-state index in [9.17, 15) is 8.78 Å². The van der Waals surface area contributed by atoms with Crippen molar-refractivity contribution >= 4 is 5.69 Å². The number of anilines is 1. The van der Waals surface area contributed by atoms with E-state index < -0.39 is 11.6 Å². The number of rotatable bonds is 2. The standard InChI is InChI=1S/C11H13F2NO/c12-8-3-4-10(13)11(6-8)14-9-2-1-5-15-7-9/h3-4,6,9,14H,1-2,5,7H2. The molecule has 1 fully saturated rings. The Kier molecular flexibility index (Phi) is 3.16. The molecule has 1 aliphatic heterocycles. The van der Waals surface area contributed by atoms with Gasteiger partial charge < -0.3 is 10.1 Å². The van der Waals surface area contributed by atoms with Crippen LogP contribution in [0.3, 0.4) is 0 Å². The summed E-state index contributed by atoms with van der Waals surface area (Å²) >= 11 is 0. The summed E-state index contributed by atoms with van der Waals surface area (Å²) in [5.74, 6) is -0.863. The Hall–Kier alpha value is -1.16. The first-order valence-electron chi connectivity index (χ1n) is 5.05. The van der Waals surface area contributed by atoms with E-state index in [4.69, 9.17) is 4.74 Å². The van der Waals surface area contributed by atoms with E-state index in [0.717, 1.165) is 31.6 Å². The number of nitrogens with one attached hydrogen (secondary N) is 1. The van der Waals surface area contributed by atoms with Gasteiger partial charge >= 0.3 is 0 Å². The molecule has 1 N–H and O–H groups in total. The summed E-state index contributed by atoms with van der Waals surface area (Å²) < 4.78 is 31.4. The topological polar surface area (TPSA) is 21.3 Å². The van der Waals surface area contributed by atoms with Gasteiger partial charge in [0.25, 0.3) is 0 Å². The summed E-state index contributed by atoms with van der Waals surface area (Å²) in [4.78, 5) is 0. The van der Waals surface area contributed by atoms with Gasteiger partial charge in [0.2, 0.25) is 0 Å². The number of benzene rings is 1. The summed E-state index contributed by atoms with van der Waals surface area (Å²) in [5, 5.41) is 2.95. The Morgan fingerprint density at radius 2 is 2.20 bits per heavy atom. The van der Waals surface area contributed by atoms with E-state index in [2.05, 4.69) is 5.32 Å². The molecule has 1 aliphatic rings. The van der Waals surface area contributed by atoms with Crippen LogP contribution >= 0.6 is 0 Å². The summed E-state index contributed by atoms with van der Waals surface area (Å²) in [6.07, 6.45) is 1.88. The van der Waals surface area contributed by atoms with Crippen molar-refractivity contribution in [1.82, 2.24) is 0 Å². The fourth-order valence-electron chi connectivity index (χ4n) is 1.68. The molecule has 1 saturated heterocycles. The summed E-state index contributed by atoms with van der Waals surface area (Å²) in [6, 6.07) is 3.48. The maximum absolute atomic E-state index is 13.3. The van der Waals surface area contributed by atoms with Gasteiger partial charge in [-0.1, -0.05) is 0 Å². The molecule has 1 heterocycles. The van der Waals surface area contributed by atoms with Gasteiger partial charge in [0.1, 0.15) is 11.6 Å². The van der Waals surface area contributed by atoms with Crippen molar-refractivity contribution in [1.29, 1.82) is 0 Å². The van der Waals surface area contributed by atoms with Crippen LogP contribution in [0, 0.1) is 11.6 Å². The molecule has 0 radical (unpaired) electrons.